The molecule has 0 aliphatic rings. The smallest absolute Gasteiger partial charge is 0.339 e. The molecule has 0 aromatic heterocycles. The molecule has 23 heavy (non-hydrogen) atoms. The molecule has 0 atom stereocenters. The highest BCUT2D eigenvalue weighted by Gasteiger charge is 2.20. The summed E-state index contributed by atoms with van der Waals surface area (Å²) in [5.74, 6) is -4.99. The Kier molecular flexibility index (Phi) is 4.17. The summed E-state index contributed by atoms with van der Waals surface area (Å²) >= 11 is 0. The number of aromatic carboxylic acids is 2. The summed E-state index contributed by atoms with van der Waals surface area (Å²) < 4.78 is 0. The molecule has 0 unspecified atom stereocenters. The average Bonchev–Trinajstić information content (AvgIpc) is 2.49. The molecule has 0 bridgehead atoms. The van der Waals surface area contributed by atoms with E-state index >= 15 is 0 Å². The predicted octanol–water partition coefficient (Wildman–Crippen LogP) is 1.75. The topological polar surface area (TPSA) is 144 Å². The van der Waals surface area contributed by atoms with Crippen molar-refractivity contribution in [3.05, 3.63) is 53.1 Å². The highest BCUT2D eigenvalue weighted by atomic mass is 16.4. The number of rotatable bonds is 4. The lowest BCUT2D eigenvalue weighted by atomic mass is 10.1. The van der Waals surface area contributed by atoms with Crippen LogP contribution in [0, 0.1) is 0 Å². The summed E-state index contributed by atoms with van der Waals surface area (Å²) in [6.45, 7) is 0. The van der Waals surface area contributed by atoms with Crippen molar-refractivity contribution in [1.82, 2.24) is 0 Å². The van der Waals surface area contributed by atoms with Crippen molar-refractivity contribution in [2.45, 2.75) is 0 Å². The predicted molar refractivity (Wildman–Crippen MR) is 78.1 cm³/mol. The number of carbonyl (C=O) groups is 3. The van der Waals surface area contributed by atoms with Gasteiger partial charge in [-0.15, -0.1) is 0 Å². The van der Waals surface area contributed by atoms with Crippen molar-refractivity contribution in [3.63, 3.8) is 0 Å². The second kappa shape index (κ2) is 6.06. The molecule has 8 heteroatoms. The minimum atomic E-state index is -1.47. The van der Waals surface area contributed by atoms with Gasteiger partial charge >= 0.3 is 11.9 Å². The van der Waals surface area contributed by atoms with Gasteiger partial charge in [-0.3, -0.25) is 4.79 Å². The number of nitrogens with one attached hydrogen (secondary N) is 1. The lowest BCUT2D eigenvalue weighted by Gasteiger charge is -2.10. The number of amides is 1. The molecule has 2 rings (SSSR count). The zero-order valence-corrected chi connectivity index (χ0v) is 11.5. The van der Waals surface area contributed by atoms with Crippen LogP contribution in [0.5, 0.6) is 11.5 Å². The molecule has 0 spiro atoms. The fraction of sp³-hybridized carbons (Fsp3) is 0. The van der Waals surface area contributed by atoms with Gasteiger partial charge in [0.15, 0.2) is 0 Å². The van der Waals surface area contributed by atoms with Gasteiger partial charge in [0.1, 0.15) is 17.1 Å². The Labute approximate surface area is 129 Å². The second-order valence-electron chi connectivity index (χ2n) is 4.50. The van der Waals surface area contributed by atoms with Crippen molar-refractivity contribution in [2.24, 2.45) is 0 Å². The number of aromatic hydroxyl groups is 2. The van der Waals surface area contributed by atoms with Gasteiger partial charge in [0.25, 0.3) is 5.91 Å². The third kappa shape index (κ3) is 3.21. The SMILES string of the molecule is O=C(O)c1cc(O)c(C(=O)Nc2ccccc2C(=O)O)cc1O. The Bertz CT molecular complexity index is 813. The van der Waals surface area contributed by atoms with E-state index in [1.165, 1.54) is 24.3 Å². The van der Waals surface area contributed by atoms with Gasteiger partial charge in [-0.2, -0.15) is 0 Å². The van der Waals surface area contributed by atoms with Crippen LogP contribution >= 0.6 is 0 Å². The van der Waals surface area contributed by atoms with Crippen LogP contribution in [-0.2, 0) is 0 Å². The van der Waals surface area contributed by atoms with E-state index in [1.54, 1.807) is 0 Å². The lowest BCUT2D eigenvalue weighted by molar-refractivity contribution is 0.0684. The third-order valence-electron chi connectivity index (χ3n) is 2.99. The van der Waals surface area contributed by atoms with E-state index in [-0.39, 0.29) is 11.3 Å². The summed E-state index contributed by atoms with van der Waals surface area (Å²) in [6.07, 6.45) is 0. The number of hydrogen-bond donors (Lipinski definition) is 5. The largest absolute Gasteiger partial charge is 0.507 e. The van der Waals surface area contributed by atoms with Crippen LogP contribution in [0.15, 0.2) is 36.4 Å². The van der Waals surface area contributed by atoms with Crippen LogP contribution < -0.4 is 5.32 Å². The molecule has 0 aliphatic heterocycles. The molecule has 2 aromatic carbocycles. The molecule has 0 saturated carbocycles. The number of phenols is 2. The lowest BCUT2D eigenvalue weighted by Crippen LogP contribution is -2.15. The van der Waals surface area contributed by atoms with Crippen LogP contribution in [0.25, 0.3) is 0 Å². The molecule has 0 saturated heterocycles. The maximum absolute atomic E-state index is 12.1. The third-order valence-corrected chi connectivity index (χ3v) is 2.99. The van der Waals surface area contributed by atoms with Crippen molar-refractivity contribution >= 4 is 23.5 Å². The molecule has 5 N–H and O–H groups in total. The fourth-order valence-electron chi connectivity index (χ4n) is 1.90. The summed E-state index contributed by atoms with van der Waals surface area (Å²) in [7, 11) is 0. The molecule has 0 radical (unpaired) electrons. The first-order valence-electron chi connectivity index (χ1n) is 6.24. The summed E-state index contributed by atoms with van der Waals surface area (Å²) in [5.41, 5.74) is -1.13. The average molecular weight is 317 g/mol. The van der Waals surface area contributed by atoms with Crippen LogP contribution in [0.1, 0.15) is 31.1 Å². The number of hydrogen-bond acceptors (Lipinski definition) is 5. The maximum Gasteiger partial charge on any atom is 0.339 e. The van der Waals surface area contributed by atoms with Crippen LogP contribution in [0.3, 0.4) is 0 Å². The zero-order chi connectivity index (χ0) is 17.1. The van der Waals surface area contributed by atoms with Crippen molar-refractivity contribution in [3.8, 4) is 11.5 Å². The summed E-state index contributed by atoms with van der Waals surface area (Å²) in [4.78, 5) is 34.0. The normalized spacial score (nSPS) is 10.1. The fourth-order valence-corrected chi connectivity index (χ4v) is 1.90. The van der Waals surface area contributed by atoms with Crippen molar-refractivity contribution in [2.75, 3.05) is 5.32 Å². The monoisotopic (exact) mass is 317 g/mol. The molecule has 118 valence electrons. The molecule has 8 nitrogen and oxygen atoms in total. The van der Waals surface area contributed by atoms with Gasteiger partial charge in [-0.05, 0) is 24.3 Å². The first kappa shape index (κ1) is 15.8. The number of carbonyl (C=O) groups excluding carboxylic acids is 1. The van der Waals surface area contributed by atoms with E-state index < -0.39 is 40.5 Å². The number of carboxylic acids is 2. The standard InChI is InChI=1S/C15H11NO7/c17-11-6-9(15(22)23)12(18)5-8(11)13(19)16-10-4-2-1-3-7(10)14(20)21/h1-6,17-18H,(H,16,19)(H,20,21)(H,22,23). The first-order chi connectivity index (χ1) is 10.8. The molecule has 0 heterocycles. The Hall–Kier alpha value is -3.55. The van der Waals surface area contributed by atoms with Crippen LogP contribution in [0.2, 0.25) is 0 Å². The van der Waals surface area contributed by atoms with E-state index in [2.05, 4.69) is 5.32 Å². The van der Waals surface area contributed by atoms with E-state index in [4.69, 9.17) is 10.2 Å². The first-order valence-corrected chi connectivity index (χ1v) is 6.24. The van der Waals surface area contributed by atoms with Gasteiger partial charge in [0.05, 0.1) is 16.8 Å². The molecular formula is C15H11NO7. The quantitative estimate of drug-likeness (QED) is 0.540. The minimum absolute atomic E-state index is 0.00815. The Morgan fingerprint density at radius 3 is 1.91 bits per heavy atom. The highest BCUT2D eigenvalue weighted by molar-refractivity contribution is 6.10. The zero-order valence-electron chi connectivity index (χ0n) is 11.5. The molecule has 2 aromatic rings. The number of para-hydroxylation sites is 1. The molecule has 0 fully saturated rings. The number of phenolic OH excluding ortho intramolecular Hbond substituents is 1. The molecule has 1 amide bonds. The Morgan fingerprint density at radius 2 is 1.30 bits per heavy atom. The van der Waals surface area contributed by atoms with E-state index in [9.17, 15) is 24.6 Å². The van der Waals surface area contributed by atoms with Gasteiger partial charge in [-0.1, -0.05) is 12.1 Å². The highest BCUT2D eigenvalue weighted by Crippen LogP contribution is 2.28. The van der Waals surface area contributed by atoms with Gasteiger partial charge in [-0.25, -0.2) is 9.59 Å². The van der Waals surface area contributed by atoms with Gasteiger partial charge in [0, 0.05) is 0 Å². The number of anilines is 1. The van der Waals surface area contributed by atoms with E-state index in [1.807, 2.05) is 0 Å². The molecule has 0 aliphatic carbocycles. The van der Waals surface area contributed by atoms with Crippen LogP contribution in [-0.4, -0.2) is 38.3 Å². The van der Waals surface area contributed by atoms with Gasteiger partial charge < -0.3 is 25.7 Å². The van der Waals surface area contributed by atoms with Crippen molar-refractivity contribution in [1.29, 1.82) is 0 Å². The van der Waals surface area contributed by atoms with E-state index in [0.29, 0.717) is 0 Å². The Morgan fingerprint density at radius 1 is 0.783 bits per heavy atom. The molecular weight excluding hydrogens is 306 g/mol. The second-order valence-corrected chi connectivity index (χ2v) is 4.50. The Balaban J connectivity index is 2.38. The minimum Gasteiger partial charge on any atom is -0.507 e. The number of carboxylic acid groups (broad SMARTS) is 2. The van der Waals surface area contributed by atoms with Crippen LogP contribution in [0.4, 0.5) is 5.69 Å². The number of benzene rings is 2. The maximum atomic E-state index is 12.1. The van der Waals surface area contributed by atoms with Crippen molar-refractivity contribution < 1.29 is 34.8 Å². The summed E-state index contributed by atoms with van der Waals surface area (Å²) in [6, 6.07) is 7.14. The summed E-state index contributed by atoms with van der Waals surface area (Å²) in [5, 5.41) is 39.5. The van der Waals surface area contributed by atoms with Gasteiger partial charge in [0.2, 0.25) is 0 Å². The van der Waals surface area contributed by atoms with E-state index in [0.717, 1.165) is 12.1 Å².